The van der Waals surface area contributed by atoms with E-state index < -0.39 is 10.8 Å². The summed E-state index contributed by atoms with van der Waals surface area (Å²) < 4.78 is 11.3. The average Bonchev–Trinajstić information content (AvgIpc) is 2.25. The summed E-state index contributed by atoms with van der Waals surface area (Å²) in [6, 6.07) is 0.496. The first-order chi connectivity index (χ1) is 7.24. The Morgan fingerprint density at radius 1 is 1.33 bits per heavy atom. The fourth-order valence-corrected chi connectivity index (χ4v) is 3.38. The van der Waals surface area contributed by atoms with Gasteiger partial charge in [0, 0.05) is 28.9 Å². The van der Waals surface area contributed by atoms with Crippen LogP contribution in [0.1, 0.15) is 45.4 Å². The summed E-state index contributed by atoms with van der Waals surface area (Å²) in [5.74, 6) is 1.61. The second kappa shape index (κ2) is 7.39. The van der Waals surface area contributed by atoms with Crippen molar-refractivity contribution in [2.45, 2.75) is 51.5 Å². The molecule has 1 aliphatic rings. The predicted octanol–water partition coefficient (Wildman–Crippen LogP) is 2.31. The van der Waals surface area contributed by atoms with Gasteiger partial charge in [-0.05, 0) is 31.7 Å². The van der Waals surface area contributed by atoms with Crippen molar-refractivity contribution in [1.29, 1.82) is 0 Å². The maximum absolute atomic E-state index is 11.3. The minimum absolute atomic E-state index is 0.496. The van der Waals surface area contributed by atoms with Crippen LogP contribution in [-0.2, 0) is 10.8 Å². The summed E-state index contributed by atoms with van der Waals surface area (Å²) >= 11 is 0. The van der Waals surface area contributed by atoms with Crippen LogP contribution in [0.3, 0.4) is 0 Å². The van der Waals surface area contributed by atoms with Crippen LogP contribution >= 0.6 is 0 Å². The van der Waals surface area contributed by atoms with Gasteiger partial charge in [-0.2, -0.15) is 0 Å². The molecule has 2 unspecified atom stereocenters. The lowest BCUT2D eigenvalue weighted by Crippen LogP contribution is -2.41. The molecule has 2 atom stereocenters. The summed E-state index contributed by atoms with van der Waals surface area (Å²) in [5, 5.41) is 3.58. The van der Waals surface area contributed by atoms with Crippen LogP contribution in [0.15, 0.2) is 0 Å². The van der Waals surface area contributed by atoms with Gasteiger partial charge in [-0.25, -0.2) is 0 Å². The first kappa shape index (κ1) is 13.2. The molecule has 1 aliphatic carbocycles. The number of nitrogens with one attached hydrogen (secondary N) is 1. The van der Waals surface area contributed by atoms with E-state index in [2.05, 4.69) is 12.2 Å². The largest absolute Gasteiger partial charge is 0.313 e. The average molecular weight is 231 g/mol. The lowest BCUT2D eigenvalue weighted by molar-refractivity contribution is 0.284. The summed E-state index contributed by atoms with van der Waals surface area (Å²) in [5.41, 5.74) is 0. The Morgan fingerprint density at radius 3 is 2.53 bits per heavy atom. The first-order valence-corrected chi connectivity index (χ1v) is 8.00. The van der Waals surface area contributed by atoms with E-state index in [1.165, 1.54) is 38.5 Å². The molecule has 3 heteroatoms. The number of rotatable bonds is 6. The highest BCUT2D eigenvalue weighted by Gasteiger charge is 2.23. The lowest BCUT2D eigenvalue weighted by Gasteiger charge is -2.30. The minimum Gasteiger partial charge on any atom is -0.313 e. The van der Waals surface area contributed by atoms with Gasteiger partial charge >= 0.3 is 0 Å². The number of hydrogen-bond donors (Lipinski definition) is 1. The van der Waals surface area contributed by atoms with Crippen LogP contribution in [-0.4, -0.2) is 28.8 Å². The van der Waals surface area contributed by atoms with Crippen LogP contribution in [0.2, 0.25) is 0 Å². The van der Waals surface area contributed by atoms with Gasteiger partial charge in [0.15, 0.2) is 0 Å². The van der Waals surface area contributed by atoms with Crippen LogP contribution < -0.4 is 5.32 Å². The normalized spacial score (nSPS) is 22.5. The van der Waals surface area contributed by atoms with Gasteiger partial charge in [0.25, 0.3) is 0 Å². The van der Waals surface area contributed by atoms with E-state index >= 15 is 0 Å². The molecule has 0 saturated heterocycles. The quantitative estimate of drug-likeness (QED) is 0.760. The van der Waals surface area contributed by atoms with Crippen LogP contribution in [0.4, 0.5) is 0 Å². The Labute approximate surface area is 96.7 Å². The van der Waals surface area contributed by atoms with Crippen LogP contribution in [0.5, 0.6) is 0 Å². The molecule has 0 radical (unpaired) electrons. The molecule has 0 heterocycles. The Bertz CT molecular complexity index is 190. The van der Waals surface area contributed by atoms with Crippen molar-refractivity contribution in [3.8, 4) is 0 Å². The molecule has 0 aromatic heterocycles. The lowest BCUT2D eigenvalue weighted by atomic mass is 9.84. The van der Waals surface area contributed by atoms with Crippen molar-refractivity contribution in [2.75, 3.05) is 18.6 Å². The second-order valence-electron chi connectivity index (χ2n) is 4.70. The summed E-state index contributed by atoms with van der Waals surface area (Å²) in [6.07, 6.45) is 9.78. The molecule has 15 heavy (non-hydrogen) atoms. The maximum Gasteiger partial charge on any atom is 0.0388 e. The van der Waals surface area contributed by atoms with Crippen molar-refractivity contribution < 1.29 is 4.21 Å². The van der Waals surface area contributed by atoms with Crippen molar-refractivity contribution >= 4 is 10.8 Å². The van der Waals surface area contributed by atoms with E-state index in [9.17, 15) is 4.21 Å². The molecule has 1 N–H and O–H groups in total. The topological polar surface area (TPSA) is 29.1 Å². The smallest absolute Gasteiger partial charge is 0.0388 e. The fraction of sp³-hybridized carbons (Fsp3) is 1.00. The highest BCUT2D eigenvalue weighted by Crippen LogP contribution is 2.26. The molecule has 0 aromatic carbocycles. The SMILES string of the molecule is CCCNC(CS(C)=O)C1CCCCC1. The zero-order valence-corrected chi connectivity index (χ0v) is 10.9. The highest BCUT2D eigenvalue weighted by atomic mass is 32.2. The van der Waals surface area contributed by atoms with Crippen molar-refractivity contribution in [3.63, 3.8) is 0 Å². The molecule has 1 rings (SSSR count). The van der Waals surface area contributed by atoms with Gasteiger partial charge in [-0.15, -0.1) is 0 Å². The van der Waals surface area contributed by atoms with E-state index in [1.807, 2.05) is 6.26 Å². The van der Waals surface area contributed by atoms with Crippen LogP contribution in [0.25, 0.3) is 0 Å². The van der Waals surface area contributed by atoms with E-state index in [4.69, 9.17) is 0 Å². The fourth-order valence-electron chi connectivity index (χ4n) is 2.48. The van der Waals surface area contributed by atoms with E-state index in [1.54, 1.807) is 0 Å². The molecule has 2 nitrogen and oxygen atoms in total. The Morgan fingerprint density at radius 2 is 2.00 bits per heavy atom. The van der Waals surface area contributed by atoms with Gasteiger partial charge in [0.2, 0.25) is 0 Å². The third kappa shape index (κ3) is 5.12. The van der Waals surface area contributed by atoms with E-state index in [0.717, 1.165) is 18.2 Å². The summed E-state index contributed by atoms with van der Waals surface area (Å²) in [7, 11) is -0.663. The zero-order chi connectivity index (χ0) is 11.1. The molecule has 1 saturated carbocycles. The monoisotopic (exact) mass is 231 g/mol. The molecular formula is C12H25NOS. The summed E-state index contributed by atoms with van der Waals surface area (Å²) in [6.45, 7) is 3.26. The Kier molecular flexibility index (Phi) is 6.50. The van der Waals surface area contributed by atoms with Gasteiger partial charge < -0.3 is 5.32 Å². The van der Waals surface area contributed by atoms with Crippen molar-refractivity contribution in [1.82, 2.24) is 5.32 Å². The van der Waals surface area contributed by atoms with Crippen molar-refractivity contribution in [2.24, 2.45) is 5.92 Å². The highest BCUT2D eigenvalue weighted by molar-refractivity contribution is 7.84. The number of hydrogen-bond acceptors (Lipinski definition) is 2. The summed E-state index contributed by atoms with van der Waals surface area (Å²) in [4.78, 5) is 0. The standard InChI is InChI=1S/C12H25NOS/c1-3-9-13-12(10-15(2)14)11-7-5-4-6-8-11/h11-13H,3-10H2,1-2H3. The Balaban J connectivity index is 2.41. The Hall–Kier alpha value is 0.110. The van der Waals surface area contributed by atoms with Gasteiger partial charge in [-0.1, -0.05) is 26.2 Å². The third-order valence-corrected chi connectivity index (χ3v) is 4.12. The third-order valence-electron chi connectivity index (χ3n) is 3.29. The van der Waals surface area contributed by atoms with E-state index in [0.29, 0.717) is 6.04 Å². The first-order valence-electron chi connectivity index (χ1n) is 6.27. The van der Waals surface area contributed by atoms with E-state index in [-0.39, 0.29) is 0 Å². The molecule has 0 aromatic rings. The molecule has 0 bridgehead atoms. The van der Waals surface area contributed by atoms with Gasteiger partial charge in [-0.3, -0.25) is 4.21 Å². The molecule has 0 amide bonds. The molecule has 0 aliphatic heterocycles. The molecule has 1 fully saturated rings. The second-order valence-corrected chi connectivity index (χ2v) is 6.18. The molecule has 0 spiro atoms. The van der Waals surface area contributed by atoms with Crippen LogP contribution in [0, 0.1) is 5.92 Å². The molecule has 90 valence electrons. The van der Waals surface area contributed by atoms with Crippen molar-refractivity contribution in [3.05, 3.63) is 0 Å². The predicted molar refractivity (Wildman–Crippen MR) is 67.6 cm³/mol. The van der Waals surface area contributed by atoms with Gasteiger partial charge in [0.1, 0.15) is 0 Å². The zero-order valence-electron chi connectivity index (χ0n) is 10.1. The minimum atomic E-state index is -0.663. The van der Waals surface area contributed by atoms with Gasteiger partial charge in [0.05, 0.1) is 0 Å². The molecular weight excluding hydrogens is 206 g/mol. The maximum atomic E-state index is 11.3.